The van der Waals surface area contributed by atoms with E-state index in [0.29, 0.717) is 24.1 Å². The van der Waals surface area contributed by atoms with Crippen LogP contribution < -0.4 is 10.2 Å². The number of para-hydroxylation sites is 1. The number of benzene rings is 3. The van der Waals surface area contributed by atoms with Crippen LogP contribution in [0.4, 0.5) is 11.4 Å². The van der Waals surface area contributed by atoms with Crippen LogP contribution in [-0.2, 0) is 11.2 Å². The lowest BCUT2D eigenvalue weighted by Crippen LogP contribution is -2.31. The van der Waals surface area contributed by atoms with Crippen molar-refractivity contribution in [2.24, 2.45) is 0 Å². The topological polar surface area (TPSA) is 62.3 Å². The number of fused-ring (bicyclic) bond motifs is 2. The molecule has 1 N–H and O–H groups in total. The summed E-state index contributed by atoms with van der Waals surface area (Å²) in [7, 11) is 1.78. The van der Waals surface area contributed by atoms with Gasteiger partial charge < -0.3 is 10.2 Å². The maximum atomic E-state index is 13.3. The van der Waals surface area contributed by atoms with Gasteiger partial charge in [-0.15, -0.1) is 0 Å². The minimum absolute atomic E-state index is 0.112. The standard InChI is InChI=1S/C26H21N3O2/c1-29-24-13-12-19(15-18(24)11-14-25(29)30)27-26(31)21-16-23(17-7-3-2-4-8-17)28-22-10-6-5-9-20(21)22/h2-10,12-13,15-16H,11,14H2,1H3,(H,27,31). The van der Waals surface area contributed by atoms with Gasteiger partial charge in [0.2, 0.25) is 5.91 Å². The van der Waals surface area contributed by atoms with Gasteiger partial charge >= 0.3 is 0 Å². The second-order valence-electron chi connectivity index (χ2n) is 7.69. The van der Waals surface area contributed by atoms with Crippen molar-refractivity contribution in [2.75, 3.05) is 17.3 Å². The predicted octanol–water partition coefficient (Wildman–Crippen LogP) is 5.06. The zero-order valence-electron chi connectivity index (χ0n) is 17.1. The number of hydrogen-bond donors (Lipinski definition) is 1. The molecule has 152 valence electrons. The average molecular weight is 407 g/mol. The maximum absolute atomic E-state index is 13.3. The van der Waals surface area contributed by atoms with Crippen LogP contribution in [0.2, 0.25) is 0 Å². The van der Waals surface area contributed by atoms with E-state index in [-0.39, 0.29) is 11.8 Å². The molecule has 0 radical (unpaired) electrons. The smallest absolute Gasteiger partial charge is 0.256 e. The molecular weight excluding hydrogens is 386 g/mol. The van der Waals surface area contributed by atoms with Crippen LogP contribution in [0.5, 0.6) is 0 Å². The SMILES string of the molecule is CN1C(=O)CCc2cc(NC(=O)c3cc(-c4ccccc4)nc4ccccc34)ccc21. The molecule has 0 spiro atoms. The van der Waals surface area contributed by atoms with E-state index in [9.17, 15) is 9.59 Å². The first-order chi connectivity index (χ1) is 15.1. The summed E-state index contributed by atoms with van der Waals surface area (Å²) in [6, 6.07) is 25.1. The Hall–Kier alpha value is -3.99. The van der Waals surface area contributed by atoms with Gasteiger partial charge in [-0.05, 0) is 42.3 Å². The summed E-state index contributed by atoms with van der Waals surface area (Å²) in [5.74, 6) is -0.0723. The molecule has 1 aliphatic rings. The van der Waals surface area contributed by atoms with Crippen molar-refractivity contribution in [2.45, 2.75) is 12.8 Å². The van der Waals surface area contributed by atoms with Crippen molar-refractivity contribution in [1.29, 1.82) is 0 Å². The van der Waals surface area contributed by atoms with Gasteiger partial charge in [0, 0.05) is 35.8 Å². The van der Waals surface area contributed by atoms with Gasteiger partial charge in [0.15, 0.2) is 0 Å². The zero-order valence-corrected chi connectivity index (χ0v) is 17.1. The molecule has 0 atom stereocenters. The third-order valence-corrected chi connectivity index (χ3v) is 5.71. The second-order valence-corrected chi connectivity index (χ2v) is 7.69. The number of carbonyl (C=O) groups excluding carboxylic acids is 2. The van der Waals surface area contributed by atoms with E-state index in [1.54, 1.807) is 11.9 Å². The number of carbonyl (C=O) groups is 2. The Kier molecular flexibility index (Phi) is 4.71. The third kappa shape index (κ3) is 3.55. The Labute approximate surface area is 180 Å². The van der Waals surface area contributed by atoms with E-state index < -0.39 is 0 Å². The number of hydrogen-bond acceptors (Lipinski definition) is 3. The fraction of sp³-hybridized carbons (Fsp3) is 0.115. The van der Waals surface area contributed by atoms with Gasteiger partial charge in [-0.3, -0.25) is 9.59 Å². The van der Waals surface area contributed by atoms with Gasteiger partial charge in [0.25, 0.3) is 5.91 Å². The van der Waals surface area contributed by atoms with Crippen LogP contribution >= 0.6 is 0 Å². The van der Waals surface area contributed by atoms with E-state index in [2.05, 4.69) is 5.32 Å². The van der Waals surface area contributed by atoms with Gasteiger partial charge in [0.05, 0.1) is 16.8 Å². The normalized spacial score (nSPS) is 13.2. The lowest BCUT2D eigenvalue weighted by atomic mass is 10.0. The number of nitrogens with zero attached hydrogens (tertiary/aromatic N) is 2. The van der Waals surface area contributed by atoms with Gasteiger partial charge in [-0.2, -0.15) is 0 Å². The van der Waals surface area contributed by atoms with Gasteiger partial charge in [0.1, 0.15) is 0 Å². The van der Waals surface area contributed by atoms with Gasteiger partial charge in [-0.25, -0.2) is 4.98 Å². The third-order valence-electron chi connectivity index (χ3n) is 5.71. The summed E-state index contributed by atoms with van der Waals surface area (Å²) in [5.41, 5.74) is 5.75. The molecule has 2 heterocycles. The van der Waals surface area contributed by atoms with E-state index in [0.717, 1.165) is 33.4 Å². The molecule has 1 aliphatic heterocycles. The highest BCUT2D eigenvalue weighted by Crippen LogP contribution is 2.30. The van der Waals surface area contributed by atoms with Crippen LogP contribution in [0, 0.1) is 0 Å². The van der Waals surface area contributed by atoms with E-state index in [4.69, 9.17) is 4.98 Å². The monoisotopic (exact) mass is 407 g/mol. The molecule has 3 aromatic carbocycles. The number of aryl methyl sites for hydroxylation is 1. The first-order valence-electron chi connectivity index (χ1n) is 10.3. The molecule has 0 saturated carbocycles. The Balaban J connectivity index is 1.52. The lowest BCUT2D eigenvalue weighted by Gasteiger charge is -2.26. The van der Waals surface area contributed by atoms with E-state index in [1.807, 2.05) is 78.9 Å². The lowest BCUT2D eigenvalue weighted by molar-refractivity contribution is -0.118. The van der Waals surface area contributed by atoms with Crippen LogP contribution in [0.15, 0.2) is 78.9 Å². The molecule has 2 amide bonds. The molecule has 0 fully saturated rings. The molecule has 1 aromatic heterocycles. The van der Waals surface area contributed by atoms with E-state index >= 15 is 0 Å². The number of nitrogens with one attached hydrogen (secondary N) is 1. The van der Waals surface area contributed by atoms with E-state index in [1.165, 1.54) is 0 Å². The highest BCUT2D eigenvalue weighted by atomic mass is 16.2. The quantitative estimate of drug-likeness (QED) is 0.516. The van der Waals surface area contributed by atoms with Crippen molar-refractivity contribution in [3.63, 3.8) is 0 Å². The first kappa shape index (κ1) is 19.0. The number of pyridine rings is 1. The number of amides is 2. The summed E-state index contributed by atoms with van der Waals surface area (Å²) in [5, 5.41) is 3.84. The Bertz CT molecular complexity index is 1320. The zero-order chi connectivity index (χ0) is 21.4. The van der Waals surface area contributed by atoms with Crippen LogP contribution in [0.1, 0.15) is 22.3 Å². The molecule has 0 unspecified atom stereocenters. The highest BCUT2D eigenvalue weighted by Gasteiger charge is 2.21. The number of aromatic nitrogens is 1. The summed E-state index contributed by atoms with van der Waals surface area (Å²) in [6.07, 6.45) is 1.16. The predicted molar refractivity (Wildman–Crippen MR) is 123 cm³/mol. The molecule has 31 heavy (non-hydrogen) atoms. The van der Waals surface area contributed by atoms with Crippen LogP contribution in [-0.4, -0.2) is 23.8 Å². The molecule has 0 aliphatic carbocycles. The Morgan fingerprint density at radius 1 is 0.935 bits per heavy atom. The average Bonchev–Trinajstić information content (AvgIpc) is 2.81. The first-order valence-corrected chi connectivity index (χ1v) is 10.3. The summed E-state index contributed by atoms with van der Waals surface area (Å²) in [6.45, 7) is 0. The minimum Gasteiger partial charge on any atom is -0.322 e. The molecular formula is C26H21N3O2. The molecule has 0 saturated heterocycles. The van der Waals surface area contributed by atoms with Crippen molar-refractivity contribution < 1.29 is 9.59 Å². The van der Waals surface area contributed by atoms with Crippen LogP contribution in [0.3, 0.4) is 0 Å². The molecule has 5 nitrogen and oxygen atoms in total. The highest BCUT2D eigenvalue weighted by molar-refractivity contribution is 6.13. The van der Waals surface area contributed by atoms with Crippen LogP contribution in [0.25, 0.3) is 22.2 Å². The van der Waals surface area contributed by atoms with Gasteiger partial charge in [-0.1, -0.05) is 48.5 Å². The fourth-order valence-corrected chi connectivity index (χ4v) is 4.05. The Morgan fingerprint density at radius 2 is 1.71 bits per heavy atom. The minimum atomic E-state index is -0.184. The summed E-state index contributed by atoms with van der Waals surface area (Å²) in [4.78, 5) is 31.6. The summed E-state index contributed by atoms with van der Waals surface area (Å²) < 4.78 is 0. The molecule has 5 heteroatoms. The maximum Gasteiger partial charge on any atom is 0.256 e. The fourth-order valence-electron chi connectivity index (χ4n) is 4.05. The number of anilines is 2. The largest absolute Gasteiger partial charge is 0.322 e. The van der Waals surface area contributed by atoms with Crippen molar-refractivity contribution in [1.82, 2.24) is 4.98 Å². The number of rotatable bonds is 3. The van der Waals surface area contributed by atoms with Crippen molar-refractivity contribution in [3.8, 4) is 11.3 Å². The summed E-state index contributed by atoms with van der Waals surface area (Å²) >= 11 is 0. The molecule has 0 bridgehead atoms. The molecule has 5 rings (SSSR count). The Morgan fingerprint density at radius 3 is 2.55 bits per heavy atom. The van der Waals surface area contributed by atoms with Crippen molar-refractivity contribution >= 4 is 34.1 Å². The van der Waals surface area contributed by atoms with Crippen molar-refractivity contribution in [3.05, 3.63) is 90.0 Å². The second kappa shape index (κ2) is 7.69. The molecule has 4 aromatic rings.